The number of sulfonamides is 1. The number of aromatic nitrogens is 4. The van der Waals surface area contributed by atoms with Gasteiger partial charge in [-0.1, -0.05) is 11.6 Å². The Labute approximate surface area is 199 Å². The number of fused-ring (bicyclic) bond motifs is 1. The molecule has 2 aromatic carbocycles. The molecular weight excluding hydrogens is 489 g/mol. The first-order valence-corrected chi connectivity index (χ1v) is 11.7. The Morgan fingerprint density at radius 3 is 2.56 bits per heavy atom. The third-order valence-corrected chi connectivity index (χ3v) is 6.47. The van der Waals surface area contributed by atoms with Crippen LogP contribution in [0.4, 0.5) is 4.39 Å². The van der Waals surface area contributed by atoms with Gasteiger partial charge in [0.25, 0.3) is 0 Å². The Morgan fingerprint density at radius 1 is 1.03 bits per heavy atom. The smallest absolute Gasteiger partial charge is 0.240 e. The molecule has 0 spiro atoms. The van der Waals surface area contributed by atoms with Crippen molar-refractivity contribution in [2.24, 2.45) is 0 Å². The van der Waals surface area contributed by atoms with Crippen LogP contribution in [-0.2, 0) is 10.0 Å². The van der Waals surface area contributed by atoms with Gasteiger partial charge in [-0.05, 0) is 42.5 Å². The standard InChI is InChI=1S/C21H19ClFN5O5S/c1-31-17-6-3-13(11-18(17)32-2)21-26-25-19-7-8-20(27-28(19)21)33-10-9-24-34(29,30)14-4-5-16(23)15(22)12-14/h3-8,11-12,24H,9-10H2,1-2H3. The van der Waals surface area contributed by atoms with Crippen LogP contribution in [0.5, 0.6) is 17.4 Å². The number of nitrogens with one attached hydrogen (secondary N) is 1. The highest BCUT2D eigenvalue weighted by Crippen LogP contribution is 2.31. The maximum Gasteiger partial charge on any atom is 0.240 e. The highest BCUT2D eigenvalue weighted by molar-refractivity contribution is 7.89. The summed E-state index contributed by atoms with van der Waals surface area (Å²) in [6.45, 7) is -0.0672. The van der Waals surface area contributed by atoms with Gasteiger partial charge in [-0.15, -0.1) is 15.3 Å². The Hall–Kier alpha value is -3.48. The van der Waals surface area contributed by atoms with E-state index in [2.05, 4.69) is 20.0 Å². The highest BCUT2D eigenvalue weighted by Gasteiger charge is 2.16. The Balaban J connectivity index is 1.46. The van der Waals surface area contributed by atoms with Gasteiger partial charge in [0.15, 0.2) is 23.0 Å². The van der Waals surface area contributed by atoms with E-state index in [1.807, 2.05) is 0 Å². The fourth-order valence-corrected chi connectivity index (χ4v) is 4.35. The second-order valence-electron chi connectivity index (χ2n) is 6.86. The lowest BCUT2D eigenvalue weighted by Gasteiger charge is -2.10. The van der Waals surface area contributed by atoms with Crippen LogP contribution < -0.4 is 18.9 Å². The summed E-state index contributed by atoms with van der Waals surface area (Å²) in [6.07, 6.45) is 0. The first-order chi connectivity index (χ1) is 16.3. The van der Waals surface area contributed by atoms with Crippen molar-refractivity contribution in [2.75, 3.05) is 27.4 Å². The van der Waals surface area contributed by atoms with E-state index < -0.39 is 15.8 Å². The van der Waals surface area contributed by atoms with Crippen LogP contribution in [0.25, 0.3) is 17.0 Å². The van der Waals surface area contributed by atoms with E-state index in [4.69, 9.17) is 25.8 Å². The van der Waals surface area contributed by atoms with Gasteiger partial charge in [0.1, 0.15) is 12.4 Å². The molecule has 0 saturated heterocycles. The van der Waals surface area contributed by atoms with Gasteiger partial charge in [0.05, 0.1) is 24.1 Å². The molecule has 13 heteroatoms. The quantitative estimate of drug-likeness (QED) is 0.344. The fraction of sp³-hybridized carbons (Fsp3) is 0.190. The summed E-state index contributed by atoms with van der Waals surface area (Å²) in [7, 11) is -0.804. The third kappa shape index (κ3) is 4.88. The van der Waals surface area contributed by atoms with Gasteiger partial charge in [-0.25, -0.2) is 17.5 Å². The molecule has 2 heterocycles. The van der Waals surface area contributed by atoms with Crippen LogP contribution in [0.15, 0.2) is 53.4 Å². The predicted molar refractivity (Wildman–Crippen MR) is 121 cm³/mol. The molecule has 0 amide bonds. The van der Waals surface area contributed by atoms with Crippen molar-refractivity contribution in [1.82, 2.24) is 24.5 Å². The molecule has 0 saturated carbocycles. The first kappa shape index (κ1) is 23.7. The predicted octanol–water partition coefficient (Wildman–Crippen LogP) is 2.96. The summed E-state index contributed by atoms with van der Waals surface area (Å²) in [4.78, 5) is -0.150. The molecule has 0 atom stereocenters. The van der Waals surface area contributed by atoms with Gasteiger partial charge in [0.2, 0.25) is 15.9 Å². The molecule has 0 aliphatic rings. The molecule has 0 radical (unpaired) electrons. The van der Waals surface area contributed by atoms with Gasteiger partial charge in [-0.3, -0.25) is 0 Å². The van der Waals surface area contributed by atoms with Gasteiger partial charge < -0.3 is 14.2 Å². The van der Waals surface area contributed by atoms with Crippen LogP contribution in [-0.4, -0.2) is 55.6 Å². The summed E-state index contributed by atoms with van der Waals surface area (Å²) in [5.74, 6) is 1.08. The maximum atomic E-state index is 13.3. The lowest BCUT2D eigenvalue weighted by Crippen LogP contribution is -2.28. The molecule has 4 rings (SSSR count). The molecule has 0 aliphatic carbocycles. The van der Waals surface area contributed by atoms with E-state index in [1.165, 1.54) is 11.6 Å². The minimum absolute atomic E-state index is 0.0134. The number of benzene rings is 2. The average Bonchev–Trinajstić information content (AvgIpc) is 3.26. The molecule has 178 valence electrons. The number of halogens is 2. The van der Waals surface area contributed by atoms with E-state index in [9.17, 15) is 12.8 Å². The number of hydrogen-bond donors (Lipinski definition) is 1. The molecule has 1 N–H and O–H groups in total. The number of ether oxygens (including phenoxy) is 3. The van der Waals surface area contributed by atoms with Crippen LogP contribution in [0.1, 0.15) is 0 Å². The molecular formula is C21H19ClFN5O5S. The van der Waals surface area contributed by atoms with E-state index in [0.717, 1.165) is 18.2 Å². The molecule has 34 heavy (non-hydrogen) atoms. The minimum atomic E-state index is -3.88. The van der Waals surface area contributed by atoms with Crippen molar-refractivity contribution < 1.29 is 27.0 Å². The molecule has 0 bridgehead atoms. The zero-order valence-corrected chi connectivity index (χ0v) is 19.6. The van der Waals surface area contributed by atoms with Gasteiger partial charge >= 0.3 is 0 Å². The highest BCUT2D eigenvalue weighted by atomic mass is 35.5. The Bertz CT molecular complexity index is 1450. The van der Waals surface area contributed by atoms with E-state index in [0.29, 0.717) is 28.5 Å². The normalized spacial score (nSPS) is 11.5. The van der Waals surface area contributed by atoms with Crippen molar-refractivity contribution in [3.63, 3.8) is 0 Å². The van der Waals surface area contributed by atoms with Crippen LogP contribution in [0.2, 0.25) is 5.02 Å². The number of methoxy groups -OCH3 is 2. The first-order valence-electron chi connectivity index (χ1n) is 9.85. The van der Waals surface area contributed by atoms with Crippen molar-refractivity contribution in [3.05, 3.63) is 59.4 Å². The summed E-state index contributed by atoms with van der Waals surface area (Å²) >= 11 is 5.66. The second kappa shape index (κ2) is 9.79. The monoisotopic (exact) mass is 507 g/mol. The lowest BCUT2D eigenvalue weighted by molar-refractivity contribution is 0.306. The van der Waals surface area contributed by atoms with E-state index in [-0.39, 0.29) is 28.9 Å². The van der Waals surface area contributed by atoms with E-state index in [1.54, 1.807) is 37.4 Å². The Kier molecular flexibility index (Phi) is 6.82. The average molecular weight is 508 g/mol. The van der Waals surface area contributed by atoms with Crippen molar-refractivity contribution in [2.45, 2.75) is 4.90 Å². The fourth-order valence-electron chi connectivity index (χ4n) is 3.06. The topological polar surface area (TPSA) is 117 Å². The van der Waals surface area contributed by atoms with Crippen molar-refractivity contribution in [3.8, 4) is 28.8 Å². The molecule has 0 fully saturated rings. The second-order valence-corrected chi connectivity index (χ2v) is 9.03. The summed E-state index contributed by atoms with van der Waals surface area (Å²) in [5, 5.41) is 12.4. The van der Waals surface area contributed by atoms with Crippen molar-refractivity contribution in [1.29, 1.82) is 0 Å². The van der Waals surface area contributed by atoms with Crippen LogP contribution in [0.3, 0.4) is 0 Å². The lowest BCUT2D eigenvalue weighted by atomic mass is 10.2. The Morgan fingerprint density at radius 2 is 1.82 bits per heavy atom. The zero-order chi connectivity index (χ0) is 24.3. The van der Waals surface area contributed by atoms with Gasteiger partial charge in [0, 0.05) is 18.2 Å². The number of nitrogens with zero attached hydrogens (tertiary/aromatic N) is 4. The van der Waals surface area contributed by atoms with E-state index >= 15 is 0 Å². The van der Waals surface area contributed by atoms with Crippen molar-refractivity contribution >= 4 is 27.3 Å². The largest absolute Gasteiger partial charge is 0.493 e. The number of hydrogen-bond acceptors (Lipinski definition) is 8. The minimum Gasteiger partial charge on any atom is -0.493 e. The molecule has 0 unspecified atom stereocenters. The molecule has 0 aliphatic heterocycles. The molecule has 2 aromatic heterocycles. The van der Waals surface area contributed by atoms with Crippen LogP contribution >= 0.6 is 11.6 Å². The van der Waals surface area contributed by atoms with Gasteiger partial charge in [-0.2, -0.15) is 4.52 Å². The summed E-state index contributed by atoms with van der Waals surface area (Å²) < 4.78 is 58.0. The summed E-state index contributed by atoms with van der Waals surface area (Å²) in [6, 6.07) is 11.7. The molecule has 10 nitrogen and oxygen atoms in total. The summed E-state index contributed by atoms with van der Waals surface area (Å²) in [5.41, 5.74) is 1.19. The SMILES string of the molecule is COc1ccc(-c2nnc3ccc(OCCNS(=O)(=O)c4ccc(F)c(Cl)c4)nn23)cc1OC. The zero-order valence-electron chi connectivity index (χ0n) is 18.0. The van der Waals surface area contributed by atoms with Crippen LogP contribution in [0, 0.1) is 5.82 Å². The third-order valence-electron chi connectivity index (χ3n) is 4.73. The number of rotatable bonds is 9. The molecule has 4 aromatic rings. The maximum absolute atomic E-state index is 13.3.